The Bertz CT molecular complexity index is 654. The molecule has 2 rings (SSSR count). The lowest BCUT2D eigenvalue weighted by Crippen LogP contribution is -2.23. The van der Waals surface area contributed by atoms with Gasteiger partial charge in [-0.05, 0) is 29.8 Å². The highest BCUT2D eigenvalue weighted by Crippen LogP contribution is 2.15. The normalized spacial score (nSPS) is 10.0. The second-order valence-corrected chi connectivity index (χ2v) is 4.95. The Morgan fingerprint density at radius 1 is 1.05 bits per heavy atom. The summed E-state index contributed by atoms with van der Waals surface area (Å²) >= 11 is 5.97. The number of hydrogen-bond acceptors (Lipinski definition) is 2. The minimum absolute atomic E-state index is 0.116. The first-order chi connectivity index (χ1) is 10.1. The fraction of sp³-hybridized carbons (Fsp3) is 0.125. The average Bonchev–Trinajstić information content (AvgIpc) is 2.46. The van der Waals surface area contributed by atoms with Crippen LogP contribution in [0.15, 0.2) is 48.5 Å². The number of carbonyl (C=O) groups excluding carboxylic acids is 2. The lowest BCUT2D eigenvalue weighted by molar-refractivity contribution is -0.114. The Morgan fingerprint density at radius 2 is 1.71 bits per heavy atom. The summed E-state index contributed by atoms with van der Waals surface area (Å²) in [6.45, 7) is 1.85. The molecule has 0 spiro atoms. The summed E-state index contributed by atoms with van der Waals surface area (Å²) in [6, 6.07) is 14.2. The highest BCUT2D eigenvalue weighted by atomic mass is 35.5. The third-order valence-electron chi connectivity index (χ3n) is 2.85. The van der Waals surface area contributed by atoms with Gasteiger partial charge in [0.1, 0.15) is 0 Å². The molecule has 2 aromatic carbocycles. The van der Waals surface area contributed by atoms with Crippen molar-refractivity contribution in [3.05, 3.63) is 64.7 Å². The lowest BCUT2D eigenvalue weighted by atomic mass is 10.2. The van der Waals surface area contributed by atoms with Crippen LogP contribution in [-0.4, -0.2) is 11.8 Å². The van der Waals surface area contributed by atoms with Crippen LogP contribution in [0.25, 0.3) is 0 Å². The van der Waals surface area contributed by atoms with E-state index in [1.807, 2.05) is 12.1 Å². The summed E-state index contributed by atoms with van der Waals surface area (Å²) in [4.78, 5) is 22.9. The molecule has 2 N–H and O–H groups in total. The molecule has 108 valence electrons. The molecule has 0 radical (unpaired) electrons. The monoisotopic (exact) mass is 302 g/mol. The van der Waals surface area contributed by atoms with Crippen molar-refractivity contribution in [2.75, 3.05) is 5.32 Å². The molecule has 0 bridgehead atoms. The average molecular weight is 303 g/mol. The number of amides is 2. The molecule has 2 amide bonds. The predicted octanol–water partition coefficient (Wildman–Crippen LogP) is 3.23. The molecule has 0 unspecified atom stereocenters. The molecule has 4 nitrogen and oxygen atoms in total. The summed E-state index contributed by atoms with van der Waals surface area (Å²) < 4.78 is 0. The van der Waals surface area contributed by atoms with Gasteiger partial charge in [-0.15, -0.1) is 0 Å². The number of carbonyl (C=O) groups is 2. The van der Waals surface area contributed by atoms with Crippen molar-refractivity contribution in [2.45, 2.75) is 13.5 Å². The van der Waals surface area contributed by atoms with Crippen molar-refractivity contribution in [3.8, 4) is 0 Å². The zero-order valence-electron chi connectivity index (χ0n) is 11.5. The van der Waals surface area contributed by atoms with Gasteiger partial charge in [0.05, 0.1) is 10.6 Å². The van der Waals surface area contributed by atoms with Crippen LogP contribution in [0.1, 0.15) is 22.8 Å². The van der Waals surface area contributed by atoms with E-state index in [-0.39, 0.29) is 11.8 Å². The molecular formula is C16H15ClN2O2. The Morgan fingerprint density at radius 3 is 2.33 bits per heavy atom. The van der Waals surface area contributed by atoms with Gasteiger partial charge in [0, 0.05) is 19.2 Å². The Balaban J connectivity index is 1.95. The molecule has 0 aliphatic heterocycles. The van der Waals surface area contributed by atoms with Gasteiger partial charge in [0.25, 0.3) is 5.91 Å². The van der Waals surface area contributed by atoms with Gasteiger partial charge in [0.15, 0.2) is 0 Å². The third-order valence-corrected chi connectivity index (χ3v) is 3.18. The highest BCUT2D eigenvalue weighted by molar-refractivity contribution is 6.33. The third kappa shape index (κ3) is 4.33. The number of nitrogens with one attached hydrogen (secondary N) is 2. The number of halogens is 1. The standard InChI is InChI=1S/C16H15ClN2O2/c1-11(20)19-13-8-6-12(7-9-13)10-18-16(21)14-4-2-3-5-15(14)17/h2-9H,10H2,1H3,(H,18,21)(H,19,20). The minimum atomic E-state index is -0.216. The first kappa shape index (κ1) is 15.1. The number of anilines is 1. The van der Waals surface area contributed by atoms with Crippen molar-refractivity contribution in [3.63, 3.8) is 0 Å². The van der Waals surface area contributed by atoms with Crippen LogP contribution in [0.2, 0.25) is 5.02 Å². The molecule has 2 aromatic rings. The molecule has 0 aliphatic rings. The van der Waals surface area contributed by atoms with E-state index >= 15 is 0 Å². The molecule has 0 saturated carbocycles. The van der Waals surface area contributed by atoms with E-state index < -0.39 is 0 Å². The molecule has 5 heteroatoms. The van der Waals surface area contributed by atoms with Crippen LogP contribution in [-0.2, 0) is 11.3 Å². The van der Waals surface area contributed by atoms with E-state index in [1.54, 1.807) is 36.4 Å². The first-order valence-electron chi connectivity index (χ1n) is 6.45. The molecule has 0 saturated heterocycles. The summed E-state index contributed by atoms with van der Waals surface area (Å²) in [5.74, 6) is -0.332. The summed E-state index contributed by atoms with van der Waals surface area (Å²) in [5, 5.41) is 5.92. The quantitative estimate of drug-likeness (QED) is 0.911. The predicted molar refractivity (Wildman–Crippen MR) is 83.4 cm³/mol. The Hall–Kier alpha value is -2.33. The van der Waals surface area contributed by atoms with Gasteiger partial charge in [0.2, 0.25) is 5.91 Å². The van der Waals surface area contributed by atoms with Gasteiger partial charge < -0.3 is 10.6 Å². The van der Waals surface area contributed by atoms with Gasteiger partial charge in [-0.1, -0.05) is 35.9 Å². The molecular weight excluding hydrogens is 288 g/mol. The summed E-state index contributed by atoms with van der Waals surface area (Å²) in [6.07, 6.45) is 0. The van der Waals surface area contributed by atoms with Gasteiger partial charge >= 0.3 is 0 Å². The molecule has 0 aromatic heterocycles. The fourth-order valence-electron chi connectivity index (χ4n) is 1.83. The number of rotatable bonds is 4. The fourth-order valence-corrected chi connectivity index (χ4v) is 2.05. The smallest absolute Gasteiger partial charge is 0.253 e. The summed E-state index contributed by atoms with van der Waals surface area (Å²) in [7, 11) is 0. The van der Waals surface area contributed by atoms with E-state index in [0.717, 1.165) is 11.3 Å². The largest absolute Gasteiger partial charge is 0.348 e. The van der Waals surface area contributed by atoms with Crippen LogP contribution >= 0.6 is 11.6 Å². The first-order valence-corrected chi connectivity index (χ1v) is 6.83. The van der Waals surface area contributed by atoms with Crippen molar-refractivity contribution in [1.82, 2.24) is 5.32 Å². The number of hydrogen-bond donors (Lipinski definition) is 2. The lowest BCUT2D eigenvalue weighted by Gasteiger charge is -2.08. The van der Waals surface area contributed by atoms with Crippen molar-refractivity contribution in [1.29, 1.82) is 0 Å². The molecule has 0 aliphatic carbocycles. The highest BCUT2D eigenvalue weighted by Gasteiger charge is 2.08. The van der Waals surface area contributed by atoms with E-state index in [4.69, 9.17) is 11.6 Å². The van der Waals surface area contributed by atoms with E-state index in [2.05, 4.69) is 10.6 Å². The van der Waals surface area contributed by atoms with Gasteiger partial charge in [-0.25, -0.2) is 0 Å². The van der Waals surface area contributed by atoms with Crippen molar-refractivity contribution < 1.29 is 9.59 Å². The van der Waals surface area contributed by atoms with Crippen LogP contribution in [0, 0.1) is 0 Å². The van der Waals surface area contributed by atoms with Crippen LogP contribution in [0.5, 0.6) is 0 Å². The van der Waals surface area contributed by atoms with Crippen LogP contribution in [0.3, 0.4) is 0 Å². The minimum Gasteiger partial charge on any atom is -0.348 e. The molecule has 0 fully saturated rings. The second-order valence-electron chi connectivity index (χ2n) is 4.54. The van der Waals surface area contributed by atoms with Crippen molar-refractivity contribution >= 4 is 29.1 Å². The SMILES string of the molecule is CC(=O)Nc1ccc(CNC(=O)c2ccccc2Cl)cc1. The maximum absolute atomic E-state index is 12.0. The van der Waals surface area contributed by atoms with E-state index in [1.165, 1.54) is 6.92 Å². The zero-order chi connectivity index (χ0) is 15.2. The summed E-state index contributed by atoms with van der Waals surface area (Å²) in [5.41, 5.74) is 2.11. The maximum atomic E-state index is 12.0. The molecule has 21 heavy (non-hydrogen) atoms. The van der Waals surface area contributed by atoms with Crippen molar-refractivity contribution in [2.24, 2.45) is 0 Å². The van der Waals surface area contributed by atoms with Crippen LogP contribution in [0.4, 0.5) is 5.69 Å². The van der Waals surface area contributed by atoms with E-state index in [9.17, 15) is 9.59 Å². The van der Waals surface area contributed by atoms with E-state index in [0.29, 0.717) is 17.1 Å². The van der Waals surface area contributed by atoms with Gasteiger partial charge in [-0.3, -0.25) is 9.59 Å². The Kier molecular flexibility index (Phi) is 4.95. The maximum Gasteiger partial charge on any atom is 0.253 e. The Labute approximate surface area is 128 Å². The zero-order valence-corrected chi connectivity index (χ0v) is 12.3. The van der Waals surface area contributed by atoms with Gasteiger partial charge in [-0.2, -0.15) is 0 Å². The second kappa shape index (κ2) is 6.90. The number of benzene rings is 2. The molecule has 0 atom stereocenters. The van der Waals surface area contributed by atoms with Crippen LogP contribution < -0.4 is 10.6 Å². The molecule has 0 heterocycles. The topological polar surface area (TPSA) is 58.2 Å².